The lowest BCUT2D eigenvalue weighted by Gasteiger charge is -2.20. The average molecular weight is 369 g/mol. The van der Waals surface area contributed by atoms with Crippen molar-refractivity contribution in [2.45, 2.75) is 58.5 Å². The predicted octanol–water partition coefficient (Wildman–Crippen LogP) is 4.97. The molecule has 26 heavy (non-hydrogen) atoms. The first kappa shape index (κ1) is 18.9. The molecule has 138 valence electrons. The summed E-state index contributed by atoms with van der Waals surface area (Å²) in [6.45, 7) is 11.2. The molecule has 1 N–H and O–H groups in total. The lowest BCUT2D eigenvalue weighted by molar-refractivity contribution is 0.511. The van der Waals surface area contributed by atoms with Crippen molar-refractivity contribution in [3.8, 4) is 0 Å². The van der Waals surface area contributed by atoms with Gasteiger partial charge in [-0.25, -0.2) is 8.93 Å². The number of rotatable bonds is 6. The summed E-state index contributed by atoms with van der Waals surface area (Å²) in [5.74, 6) is 0. The summed E-state index contributed by atoms with van der Waals surface area (Å²) in [5.41, 5.74) is 5.90. The molecule has 1 heterocycles. The molecule has 1 aromatic heterocycles. The average Bonchev–Trinajstić information content (AvgIpc) is 2.89. The van der Waals surface area contributed by atoms with E-state index in [1.54, 1.807) is 0 Å². The summed E-state index contributed by atoms with van der Waals surface area (Å²) in [4.78, 5) is 0.919. The highest BCUT2D eigenvalue weighted by Gasteiger charge is 2.17. The van der Waals surface area contributed by atoms with Gasteiger partial charge in [-0.3, -0.25) is 0 Å². The minimum Gasteiger partial charge on any atom is -0.346 e. The minimum absolute atomic E-state index is 0.145. The number of aromatic nitrogens is 1. The largest absolute Gasteiger partial charge is 0.346 e. The molecule has 2 atom stereocenters. The standard InChI is InChI=1S/C22H28N2OS/c1-6-19(14-24-13-18(5)20-9-7-8-10-21(20)24)23-26(25)22-16(3)11-15(2)12-17(22)4/h7-13,19,23H,6,14H2,1-5H3. The predicted molar refractivity (Wildman–Crippen MR) is 111 cm³/mol. The molecule has 3 nitrogen and oxygen atoms in total. The van der Waals surface area contributed by atoms with Crippen molar-refractivity contribution in [3.05, 3.63) is 64.8 Å². The number of benzene rings is 2. The van der Waals surface area contributed by atoms with E-state index in [0.717, 1.165) is 29.0 Å². The molecule has 0 spiro atoms. The van der Waals surface area contributed by atoms with Gasteiger partial charge in [-0.1, -0.05) is 42.8 Å². The van der Waals surface area contributed by atoms with Crippen LogP contribution in [-0.4, -0.2) is 14.8 Å². The molecule has 3 aromatic rings. The van der Waals surface area contributed by atoms with E-state index >= 15 is 0 Å². The first-order valence-corrected chi connectivity index (χ1v) is 10.4. The van der Waals surface area contributed by atoms with Crippen LogP contribution in [0.25, 0.3) is 10.9 Å². The molecule has 0 amide bonds. The Kier molecular flexibility index (Phi) is 5.64. The van der Waals surface area contributed by atoms with Crippen molar-refractivity contribution < 1.29 is 4.21 Å². The van der Waals surface area contributed by atoms with Gasteiger partial charge >= 0.3 is 0 Å². The molecule has 0 aliphatic heterocycles. The van der Waals surface area contributed by atoms with E-state index in [2.05, 4.69) is 72.7 Å². The van der Waals surface area contributed by atoms with Gasteiger partial charge in [0.2, 0.25) is 0 Å². The molecule has 0 aliphatic rings. The molecule has 0 saturated heterocycles. The highest BCUT2D eigenvalue weighted by Crippen LogP contribution is 2.22. The van der Waals surface area contributed by atoms with E-state index in [1.165, 1.54) is 22.0 Å². The third kappa shape index (κ3) is 3.76. The fourth-order valence-electron chi connectivity index (χ4n) is 3.74. The number of hydrogen-bond acceptors (Lipinski definition) is 1. The van der Waals surface area contributed by atoms with Crippen LogP contribution in [0.1, 0.15) is 35.6 Å². The Morgan fingerprint density at radius 2 is 1.69 bits per heavy atom. The van der Waals surface area contributed by atoms with Crippen LogP contribution < -0.4 is 4.72 Å². The smallest absolute Gasteiger partial charge is 0.125 e. The Morgan fingerprint density at radius 3 is 2.35 bits per heavy atom. The fourth-order valence-corrected chi connectivity index (χ4v) is 5.10. The van der Waals surface area contributed by atoms with E-state index in [4.69, 9.17) is 0 Å². The number of fused-ring (bicyclic) bond motifs is 1. The van der Waals surface area contributed by atoms with Gasteiger partial charge in [0.1, 0.15) is 11.0 Å². The van der Waals surface area contributed by atoms with Crippen molar-refractivity contribution in [2.75, 3.05) is 0 Å². The molecule has 0 aliphatic carbocycles. The Morgan fingerprint density at radius 1 is 1.04 bits per heavy atom. The summed E-state index contributed by atoms with van der Waals surface area (Å²) in [6.07, 6.45) is 3.11. The van der Waals surface area contributed by atoms with Crippen LogP contribution in [0.3, 0.4) is 0 Å². The van der Waals surface area contributed by atoms with Crippen LogP contribution in [0.4, 0.5) is 0 Å². The van der Waals surface area contributed by atoms with Gasteiger partial charge in [-0.2, -0.15) is 0 Å². The first-order valence-electron chi connectivity index (χ1n) is 9.21. The second-order valence-electron chi connectivity index (χ2n) is 7.20. The van der Waals surface area contributed by atoms with E-state index in [1.807, 2.05) is 13.8 Å². The zero-order chi connectivity index (χ0) is 18.8. The highest BCUT2D eigenvalue weighted by atomic mass is 32.2. The lowest BCUT2D eigenvalue weighted by atomic mass is 10.1. The quantitative estimate of drug-likeness (QED) is 0.655. The van der Waals surface area contributed by atoms with Gasteiger partial charge in [-0.15, -0.1) is 0 Å². The van der Waals surface area contributed by atoms with E-state index in [9.17, 15) is 4.21 Å². The minimum atomic E-state index is -1.21. The second kappa shape index (κ2) is 7.77. The Bertz CT molecular complexity index is 935. The van der Waals surface area contributed by atoms with E-state index in [0.29, 0.717) is 0 Å². The third-order valence-electron chi connectivity index (χ3n) is 4.96. The SMILES string of the molecule is CCC(Cn1cc(C)c2ccccc21)NS(=O)c1c(C)cc(C)cc1C. The Hall–Kier alpha value is -1.91. The van der Waals surface area contributed by atoms with Crippen LogP contribution >= 0.6 is 0 Å². The fraction of sp³-hybridized carbons (Fsp3) is 0.364. The summed E-state index contributed by atoms with van der Waals surface area (Å²) in [7, 11) is -1.21. The maximum Gasteiger partial charge on any atom is 0.125 e. The van der Waals surface area contributed by atoms with Gasteiger partial charge < -0.3 is 4.57 Å². The Balaban J connectivity index is 1.83. The normalized spacial score (nSPS) is 13.9. The lowest BCUT2D eigenvalue weighted by Crippen LogP contribution is -2.34. The summed E-state index contributed by atoms with van der Waals surface area (Å²) < 4.78 is 18.7. The van der Waals surface area contributed by atoms with Crippen molar-refractivity contribution in [3.63, 3.8) is 0 Å². The third-order valence-corrected chi connectivity index (χ3v) is 6.52. The van der Waals surface area contributed by atoms with Crippen LogP contribution in [-0.2, 0) is 17.5 Å². The maximum absolute atomic E-state index is 13.0. The van der Waals surface area contributed by atoms with Gasteiger partial charge in [0.25, 0.3) is 0 Å². The first-order chi connectivity index (χ1) is 12.4. The van der Waals surface area contributed by atoms with E-state index < -0.39 is 11.0 Å². The number of nitrogens with one attached hydrogen (secondary N) is 1. The monoisotopic (exact) mass is 368 g/mol. The second-order valence-corrected chi connectivity index (χ2v) is 8.38. The summed E-state index contributed by atoms with van der Waals surface area (Å²) >= 11 is 0. The van der Waals surface area contributed by atoms with Crippen molar-refractivity contribution in [1.82, 2.24) is 9.29 Å². The molecule has 2 aromatic carbocycles. The number of aryl methyl sites for hydroxylation is 4. The molecule has 2 unspecified atom stereocenters. The van der Waals surface area contributed by atoms with Gasteiger partial charge in [0.15, 0.2) is 0 Å². The maximum atomic E-state index is 13.0. The molecule has 4 heteroatoms. The molecule has 0 fully saturated rings. The van der Waals surface area contributed by atoms with E-state index in [-0.39, 0.29) is 6.04 Å². The van der Waals surface area contributed by atoms with Crippen LogP contribution in [0, 0.1) is 27.7 Å². The summed E-state index contributed by atoms with van der Waals surface area (Å²) in [5, 5.41) is 1.29. The number of nitrogens with zero attached hydrogens (tertiary/aromatic N) is 1. The van der Waals surface area contributed by atoms with Crippen LogP contribution in [0.5, 0.6) is 0 Å². The highest BCUT2D eigenvalue weighted by molar-refractivity contribution is 7.83. The summed E-state index contributed by atoms with van der Waals surface area (Å²) in [6, 6.07) is 12.8. The molecule has 3 rings (SSSR count). The Labute approximate surface area is 159 Å². The molecular weight excluding hydrogens is 340 g/mol. The molecule has 0 radical (unpaired) electrons. The molecular formula is C22H28N2OS. The molecule has 0 bridgehead atoms. The zero-order valence-corrected chi connectivity index (χ0v) is 17.1. The number of hydrogen-bond donors (Lipinski definition) is 1. The van der Waals surface area contributed by atoms with Crippen molar-refractivity contribution in [2.24, 2.45) is 0 Å². The topological polar surface area (TPSA) is 34.0 Å². The zero-order valence-electron chi connectivity index (χ0n) is 16.3. The van der Waals surface area contributed by atoms with Gasteiger partial charge in [0.05, 0.1) is 4.90 Å². The number of para-hydroxylation sites is 1. The van der Waals surface area contributed by atoms with Crippen LogP contribution in [0.15, 0.2) is 47.5 Å². The molecule has 0 saturated carbocycles. The van der Waals surface area contributed by atoms with Gasteiger partial charge in [0, 0.05) is 29.7 Å². The van der Waals surface area contributed by atoms with Gasteiger partial charge in [-0.05, 0) is 56.9 Å². The van der Waals surface area contributed by atoms with Crippen molar-refractivity contribution >= 4 is 21.9 Å². The van der Waals surface area contributed by atoms with Crippen LogP contribution in [0.2, 0.25) is 0 Å². The van der Waals surface area contributed by atoms with Crippen molar-refractivity contribution in [1.29, 1.82) is 0 Å².